The van der Waals surface area contributed by atoms with Gasteiger partial charge in [-0.15, -0.1) is 0 Å². The van der Waals surface area contributed by atoms with Crippen LogP contribution in [0.1, 0.15) is 37.7 Å². The van der Waals surface area contributed by atoms with Gasteiger partial charge < -0.3 is 30.1 Å². The number of rotatable bonds is 8. The molecule has 0 bridgehead atoms. The summed E-state index contributed by atoms with van der Waals surface area (Å²) in [6.45, 7) is 3.42. The molecule has 2 aliphatic heterocycles. The lowest BCUT2D eigenvalue weighted by Crippen LogP contribution is -2.62. The number of likely N-dealkylation sites (tertiary alicyclic amines) is 1. The van der Waals surface area contributed by atoms with Crippen LogP contribution in [0.2, 0.25) is 0 Å². The highest BCUT2D eigenvalue weighted by molar-refractivity contribution is 6.12. The van der Waals surface area contributed by atoms with Crippen LogP contribution in [-0.4, -0.2) is 62.3 Å². The number of hydrogen-bond acceptors (Lipinski definition) is 6. The van der Waals surface area contributed by atoms with Crippen LogP contribution < -0.4 is 25.0 Å². The standard InChI is InChI=1S/C26H34N4O5/c1-34-19-12-13-22(23(18-19)35-2)30-25(32)28-21-11-6-5-10-20(21)26(30,33)24(31)27-14-9-17-29-15-7-3-4-8-16-29/h5-6,10-13,18,33H,3-4,7-9,14-17H2,1-2H3,(H,27,31)(H,28,32)/t26-/m0/s1. The number of nitrogens with one attached hydrogen (secondary N) is 2. The van der Waals surface area contributed by atoms with Crippen molar-refractivity contribution in [3.05, 3.63) is 48.0 Å². The summed E-state index contributed by atoms with van der Waals surface area (Å²) in [4.78, 5) is 30.3. The number of urea groups is 1. The quantitative estimate of drug-likeness (QED) is 0.499. The highest BCUT2D eigenvalue weighted by Crippen LogP contribution is 2.43. The molecule has 3 amide bonds. The van der Waals surface area contributed by atoms with Gasteiger partial charge in [0.15, 0.2) is 0 Å². The van der Waals surface area contributed by atoms with Crippen molar-refractivity contribution in [2.24, 2.45) is 0 Å². The Labute approximate surface area is 206 Å². The van der Waals surface area contributed by atoms with Gasteiger partial charge in [-0.05, 0) is 57.1 Å². The van der Waals surface area contributed by atoms with Crippen LogP contribution in [0, 0.1) is 0 Å². The second-order valence-electron chi connectivity index (χ2n) is 8.89. The third-order valence-corrected chi connectivity index (χ3v) is 6.65. The van der Waals surface area contributed by atoms with Gasteiger partial charge in [-0.2, -0.15) is 0 Å². The number of carbonyl (C=O) groups excluding carboxylic acids is 2. The zero-order valence-electron chi connectivity index (χ0n) is 20.4. The molecule has 2 aliphatic rings. The fourth-order valence-corrected chi connectivity index (χ4v) is 4.80. The van der Waals surface area contributed by atoms with E-state index in [1.165, 1.54) is 39.9 Å². The summed E-state index contributed by atoms with van der Waals surface area (Å²) in [6.07, 6.45) is 5.70. The molecule has 1 atom stereocenters. The fraction of sp³-hybridized carbons (Fsp3) is 0.462. The van der Waals surface area contributed by atoms with Crippen molar-refractivity contribution >= 4 is 23.3 Å². The van der Waals surface area contributed by atoms with Gasteiger partial charge in [0.25, 0.3) is 11.6 Å². The minimum absolute atomic E-state index is 0.238. The number of carbonyl (C=O) groups is 2. The molecule has 188 valence electrons. The predicted molar refractivity (Wildman–Crippen MR) is 134 cm³/mol. The van der Waals surface area contributed by atoms with Crippen molar-refractivity contribution < 1.29 is 24.2 Å². The minimum Gasteiger partial charge on any atom is -0.497 e. The predicted octanol–water partition coefficient (Wildman–Crippen LogP) is 3.28. The van der Waals surface area contributed by atoms with E-state index in [0.29, 0.717) is 18.0 Å². The van der Waals surface area contributed by atoms with E-state index in [1.54, 1.807) is 42.5 Å². The largest absolute Gasteiger partial charge is 0.497 e. The van der Waals surface area contributed by atoms with E-state index in [1.807, 2.05) is 0 Å². The number of methoxy groups -OCH3 is 2. The Hall–Kier alpha value is -3.30. The van der Waals surface area contributed by atoms with Crippen LogP contribution in [0.3, 0.4) is 0 Å². The number of aliphatic hydroxyl groups is 1. The van der Waals surface area contributed by atoms with Gasteiger partial charge >= 0.3 is 6.03 Å². The average molecular weight is 483 g/mol. The number of hydrogen-bond donors (Lipinski definition) is 3. The second-order valence-corrected chi connectivity index (χ2v) is 8.89. The zero-order chi connectivity index (χ0) is 24.8. The van der Waals surface area contributed by atoms with Gasteiger partial charge in [0, 0.05) is 18.2 Å². The number of nitrogens with zero attached hydrogens (tertiary/aromatic N) is 2. The van der Waals surface area contributed by atoms with E-state index in [4.69, 9.17) is 9.47 Å². The molecule has 2 aromatic carbocycles. The summed E-state index contributed by atoms with van der Waals surface area (Å²) in [5, 5.41) is 17.6. The summed E-state index contributed by atoms with van der Waals surface area (Å²) < 4.78 is 10.7. The Morgan fingerprint density at radius 3 is 2.54 bits per heavy atom. The van der Waals surface area contributed by atoms with Gasteiger partial charge in [-0.25, -0.2) is 9.69 Å². The molecule has 1 saturated heterocycles. The maximum atomic E-state index is 13.6. The topological polar surface area (TPSA) is 103 Å². The van der Waals surface area contributed by atoms with Crippen molar-refractivity contribution in [2.75, 3.05) is 50.6 Å². The highest BCUT2D eigenvalue weighted by Gasteiger charge is 2.52. The van der Waals surface area contributed by atoms with Crippen LogP contribution >= 0.6 is 0 Å². The molecule has 0 radical (unpaired) electrons. The van der Waals surface area contributed by atoms with Gasteiger partial charge in [-0.3, -0.25) is 4.79 Å². The number of amides is 3. The first kappa shape index (κ1) is 24.8. The molecule has 35 heavy (non-hydrogen) atoms. The van der Waals surface area contributed by atoms with E-state index in [9.17, 15) is 14.7 Å². The molecule has 2 aromatic rings. The lowest BCUT2D eigenvalue weighted by atomic mass is 9.94. The number of ether oxygens (including phenoxy) is 2. The molecule has 1 fully saturated rings. The average Bonchev–Trinajstić information content (AvgIpc) is 3.15. The monoisotopic (exact) mass is 482 g/mol. The van der Waals surface area contributed by atoms with Crippen LogP contribution in [-0.2, 0) is 10.5 Å². The molecule has 0 aromatic heterocycles. The molecule has 0 saturated carbocycles. The summed E-state index contributed by atoms with van der Waals surface area (Å²) in [6, 6.07) is 10.9. The van der Waals surface area contributed by atoms with Gasteiger partial charge in [0.05, 0.1) is 25.6 Å². The molecule has 9 heteroatoms. The smallest absolute Gasteiger partial charge is 0.329 e. The first-order valence-corrected chi connectivity index (χ1v) is 12.1. The number of para-hydroxylation sites is 1. The number of benzene rings is 2. The van der Waals surface area contributed by atoms with E-state index in [0.717, 1.165) is 31.0 Å². The van der Waals surface area contributed by atoms with Gasteiger partial charge in [-0.1, -0.05) is 31.0 Å². The maximum Gasteiger partial charge on any atom is 0.329 e. The van der Waals surface area contributed by atoms with Crippen LogP contribution in [0.5, 0.6) is 11.5 Å². The van der Waals surface area contributed by atoms with E-state index in [2.05, 4.69) is 15.5 Å². The van der Waals surface area contributed by atoms with Crippen molar-refractivity contribution in [1.29, 1.82) is 0 Å². The Balaban J connectivity index is 1.60. The molecule has 4 rings (SSSR count). The Bertz CT molecular complexity index is 1050. The lowest BCUT2D eigenvalue weighted by molar-refractivity contribution is -0.140. The minimum atomic E-state index is -2.27. The molecule has 9 nitrogen and oxygen atoms in total. The Morgan fingerprint density at radius 2 is 1.83 bits per heavy atom. The second kappa shape index (κ2) is 11.0. The van der Waals surface area contributed by atoms with Crippen molar-refractivity contribution in [1.82, 2.24) is 10.2 Å². The normalized spacial score (nSPS) is 20.4. The summed E-state index contributed by atoms with van der Waals surface area (Å²) in [5.41, 5.74) is -1.38. The van der Waals surface area contributed by atoms with Crippen LogP contribution in [0.25, 0.3) is 0 Å². The highest BCUT2D eigenvalue weighted by atomic mass is 16.5. The van der Waals surface area contributed by atoms with Crippen LogP contribution in [0.4, 0.5) is 16.2 Å². The molecule has 0 aliphatic carbocycles. The Morgan fingerprint density at radius 1 is 1.09 bits per heavy atom. The fourth-order valence-electron chi connectivity index (χ4n) is 4.80. The summed E-state index contributed by atoms with van der Waals surface area (Å²) >= 11 is 0. The van der Waals surface area contributed by atoms with Gasteiger partial charge in [0.1, 0.15) is 11.5 Å². The molecule has 0 unspecified atom stereocenters. The lowest BCUT2D eigenvalue weighted by Gasteiger charge is -2.43. The van der Waals surface area contributed by atoms with Gasteiger partial charge in [0.2, 0.25) is 0 Å². The Kier molecular flexibility index (Phi) is 7.77. The van der Waals surface area contributed by atoms with E-state index < -0.39 is 17.7 Å². The molecular weight excluding hydrogens is 448 g/mol. The van der Waals surface area contributed by atoms with Crippen molar-refractivity contribution in [3.8, 4) is 11.5 Å². The third-order valence-electron chi connectivity index (χ3n) is 6.65. The third kappa shape index (κ3) is 5.06. The number of fused-ring (bicyclic) bond motifs is 1. The van der Waals surface area contributed by atoms with E-state index >= 15 is 0 Å². The van der Waals surface area contributed by atoms with Crippen LogP contribution in [0.15, 0.2) is 42.5 Å². The molecule has 3 N–H and O–H groups in total. The van der Waals surface area contributed by atoms with Crippen molar-refractivity contribution in [3.63, 3.8) is 0 Å². The summed E-state index contributed by atoms with van der Waals surface area (Å²) in [5.74, 6) is 0.129. The first-order valence-electron chi connectivity index (χ1n) is 12.1. The first-order chi connectivity index (χ1) is 17.0. The summed E-state index contributed by atoms with van der Waals surface area (Å²) in [7, 11) is 2.98. The number of anilines is 2. The SMILES string of the molecule is COc1ccc(N2C(=O)Nc3ccccc3[C@]2(O)C(=O)NCCCN2CCCCCC2)c(OC)c1. The van der Waals surface area contributed by atoms with Crippen molar-refractivity contribution in [2.45, 2.75) is 37.8 Å². The van der Waals surface area contributed by atoms with E-state index in [-0.39, 0.29) is 17.0 Å². The molecular formula is C26H34N4O5. The molecule has 2 heterocycles. The molecule has 0 spiro atoms. The zero-order valence-corrected chi connectivity index (χ0v) is 20.4. The maximum absolute atomic E-state index is 13.6.